The largest absolute Gasteiger partial charge is 0.399 e. The van der Waals surface area contributed by atoms with Gasteiger partial charge in [-0.15, -0.1) is 0 Å². The van der Waals surface area contributed by atoms with Crippen molar-refractivity contribution in [3.63, 3.8) is 0 Å². The fourth-order valence-electron chi connectivity index (χ4n) is 3.87. The number of hydrogen-bond acceptors (Lipinski definition) is 2. The van der Waals surface area contributed by atoms with Gasteiger partial charge in [-0.05, 0) is 40.8 Å². The number of rotatable bonds is 7. The van der Waals surface area contributed by atoms with Crippen LogP contribution in [0.2, 0.25) is 0 Å². The fraction of sp³-hybridized carbons (Fsp3) is 0.107. The summed E-state index contributed by atoms with van der Waals surface area (Å²) in [5.41, 5.74) is 10.7. The molecular formula is C28H26N2O. The normalized spacial score (nSPS) is 11.8. The monoisotopic (exact) mass is 406 g/mol. The fourth-order valence-corrected chi connectivity index (χ4v) is 3.87. The lowest BCUT2D eigenvalue weighted by Gasteiger charge is -2.24. The van der Waals surface area contributed by atoms with E-state index in [0.717, 1.165) is 27.9 Å². The molecule has 3 heteroatoms. The van der Waals surface area contributed by atoms with Gasteiger partial charge in [0.25, 0.3) is 0 Å². The molecular weight excluding hydrogens is 380 g/mol. The summed E-state index contributed by atoms with van der Waals surface area (Å²) in [6.07, 6.45) is 0.687. The zero-order chi connectivity index (χ0) is 21.5. The minimum Gasteiger partial charge on any atom is -0.399 e. The molecule has 0 fully saturated rings. The first-order chi connectivity index (χ1) is 15.2. The van der Waals surface area contributed by atoms with Gasteiger partial charge in [0, 0.05) is 5.69 Å². The second-order valence-corrected chi connectivity index (χ2v) is 7.67. The molecule has 3 nitrogen and oxygen atoms in total. The van der Waals surface area contributed by atoms with Crippen molar-refractivity contribution in [3.05, 3.63) is 138 Å². The average molecular weight is 407 g/mol. The van der Waals surface area contributed by atoms with Gasteiger partial charge in [0.2, 0.25) is 5.91 Å². The highest BCUT2D eigenvalue weighted by Crippen LogP contribution is 2.27. The maximum absolute atomic E-state index is 13.6. The maximum atomic E-state index is 13.6. The van der Waals surface area contributed by atoms with Crippen LogP contribution in [0.5, 0.6) is 0 Å². The van der Waals surface area contributed by atoms with Gasteiger partial charge in [0.15, 0.2) is 0 Å². The number of hydrogen-bond donors (Lipinski definition) is 2. The molecule has 0 aliphatic carbocycles. The Bertz CT molecular complexity index is 1050. The summed E-state index contributed by atoms with van der Waals surface area (Å²) in [4.78, 5) is 13.6. The van der Waals surface area contributed by atoms with Crippen LogP contribution in [0.4, 0.5) is 5.69 Å². The molecule has 0 unspecified atom stereocenters. The molecule has 0 spiro atoms. The molecule has 0 aliphatic rings. The summed E-state index contributed by atoms with van der Waals surface area (Å²) < 4.78 is 0. The number of nitrogens with one attached hydrogen (secondary N) is 1. The van der Waals surface area contributed by atoms with E-state index in [-0.39, 0.29) is 17.9 Å². The number of nitrogens with two attached hydrogens (primary N) is 1. The number of anilines is 1. The molecule has 1 amide bonds. The van der Waals surface area contributed by atoms with Crippen molar-refractivity contribution in [2.24, 2.45) is 0 Å². The van der Waals surface area contributed by atoms with Gasteiger partial charge in [-0.25, -0.2) is 0 Å². The summed E-state index contributed by atoms with van der Waals surface area (Å²) in [5, 5.41) is 3.32. The van der Waals surface area contributed by atoms with Gasteiger partial charge in [0.1, 0.15) is 0 Å². The van der Waals surface area contributed by atoms with Gasteiger partial charge in [-0.1, -0.05) is 103 Å². The van der Waals surface area contributed by atoms with Crippen LogP contribution in [0.15, 0.2) is 115 Å². The van der Waals surface area contributed by atoms with Gasteiger partial charge in [-0.2, -0.15) is 0 Å². The van der Waals surface area contributed by atoms with Crippen molar-refractivity contribution in [1.82, 2.24) is 5.32 Å². The van der Waals surface area contributed by atoms with Crippen LogP contribution in [-0.4, -0.2) is 5.91 Å². The van der Waals surface area contributed by atoms with Crippen molar-refractivity contribution in [2.75, 3.05) is 5.73 Å². The summed E-state index contributed by atoms with van der Waals surface area (Å²) in [6, 6.07) is 37.7. The van der Waals surface area contributed by atoms with Crippen LogP contribution in [0.3, 0.4) is 0 Å². The minimum atomic E-state index is -0.375. The van der Waals surface area contributed by atoms with E-state index in [1.54, 1.807) is 0 Å². The van der Waals surface area contributed by atoms with Gasteiger partial charge in [-0.3, -0.25) is 4.79 Å². The van der Waals surface area contributed by atoms with Crippen LogP contribution in [0, 0.1) is 0 Å². The minimum absolute atomic E-state index is 0.0123. The summed E-state index contributed by atoms with van der Waals surface area (Å²) in [5.74, 6) is -0.387. The van der Waals surface area contributed by atoms with Crippen molar-refractivity contribution in [3.8, 4) is 0 Å². The number of benzene rings is 4. The predicted molar refractivity (Wildman–Crippen MR) is 127 cm³/mol. The molecule has 0 bridgehead atoms. The highest BCUT2D eigenvalue weighted by atomic mass is 16.1. The number of nitrogen functional groups attached to an aromatic ring is 1. The number of carbonyl (C=O) groups excluding carboxylic acids is 1. The Morgan fingerprint density at radius 2 is 1.10 bits per heavy atom. The summed E-state index contributed by atoms with van der Waals surface area (Å²) >= 11 is 0. The van der Waals surface area contributed by atoms with Crippen molar-refractivity contribution in [2.45, 2.75) is 18.4 Å². The molecule has 1 atom stereocenters. The lowest BCUT2D eigenvalue weighted by Crippen LogP contribution is -2.34. The van der Waals surface area contributed by atoms with E-state index in [1.165, 1.54) is 0 Å². The highest BCUT2D eigenvalue weighted by molar-refractivity contribution is 5.87. The van der Waals surface area contributed by atoms with Gasteiger partial charge >= 0.3 is 0 Å². The van der Waals surface area contributed by atoms with E-state index in [2.05, 4.69) is 17.4 Å². The maximum Gasteiger partial charge on any atom is 0.232 e. The van der Waals surface area contributed by atoms with Crippen molar-refractivity contribution < 1.29 is 4.79 Å². The first-order valence-corrected chi connectivity index (χ1v) is 10.5. The lowest BCUT2D eigenvalue weighted by molar-refractivity contribution is -0.122. The molecule has 4 aromatic carbocycles. The SMILES string of the molecule is Nc1ccc(C[C@@H](NC(=O)C(c2ccccc2)c2ccccc2)c2ccccc2)cc1. The summed E-state index contributed by atoms with van der Waals surface area (Å²) in [6.45, 7) is 0. The topological polar surface area (TPSA) is 55.1 Å². The van der Waals surface area contributed by atoms with E-state index in [1.807, 2.05) is 103 Å². The number of carbonyl (C=O) groups is 1. The molecule has 154 valence electrons. The van der Waals surface area contributed by atoms with Crippen LogP contribution < -0.4 is 11.1 Å². The molecule has 4 rings (SSSR count). The molecule has 0 heterocycles. The van der Waals surface area contributed by atoms with Crippen LogP contribution in [0.1, 0.15) is 34.2 Å². The standard InChI is InChI=1S/C28H26N2O/c29-25-18-16-21(17-19-25)20-26(22-10-4-1-5-11-22)30-28(31)27(23-12-6-2-7-13-23)24-14-8-3-9-15-24/h1-19,26-27H,20,29H2,(H,30,31)/t26-/m1/s1. The Kier molecular flexibility index (Phi) is 6.44. The third kappa shape index (κ3) is 5.20. The second-order valence-electron chi connectivity index (χ2n) is 7.67. The Morgan fingerprint density at radius 1 is 0.645 bits per heavy atom. The average Bonchev–Trinajstić information content (AvgIpc) is 2.82. The van der Waals surface area contributed by atoms with Crippen molar-refractivity contribution in [1.29, 1.82) is 0 Å². The Morgan fingerprint density at radius 3 is 1.58 bits per heavy atom. The second kappa shape index (κ2) is 9.77. The molecule has 0 aromatic heterocycles. The smallest absolute Gasteiger partial charge is 0.232 e. The zero-order valence-corrected chi connectivity index (χ0v) is 17.3. The third-order valence-electron chi connectivity index (χ3n) is 5.47. The van der Waals surface area contributed by atoms with E-state index in [4.69, 9.17) is 5.73 Å². The van der Waals surface area contributed by atoms with Gasteiger partial charge in [0.05, 0.1) is 12.0 Å². The quantitative estimate of drug-likeness (QED) is 0.398. The van der Waals surface area contributed by atoms with Crippen LogP contribution in [0.25, 0.3) is 0 Å². The molecule has 0 saturated carbocycles. The van der Waals surface area contributed by atoms with E-state index >= 15 is 0 Å². The van der Waals surface area contributed by atoms with Crippen LogP contribution >= 0.6 is 0 Å². The molecule has 31 heavy (non-hydrogen) atoms. The lowest BCUT2D eigenvalue weighted by atomic mass is 9.89. The molecule has 0 aliphatic heterocycles. The molecule has 3 N–H and O–H groups in total. The Labute approximate surface area is 183 Å². The van der Waals surface area contributed by atoms with Crippen LogP contribution in [-0.2, 0) is 11.2 Å². The number of amides is 1. The molecule has 0 saturated heterocycles. The van der Waals surface area contributed by atoms with Crippen molar-refractivity contribution >= 4 is 11.6 Å². The van der Waals surface area contributed by atoms with Gasteiger partial charge < -0.3 is 11.1 Å². The zero-order valence-electron chi connectivity index (χ0n) is 17.3. The molecule has 4 aromatic rings. The van der Waals surface area contributed by atoms with E-state index in [0.29, 0.717) is 6.42 Å². The first-order valence-electron chi connectivity index (χ1n) is 10.5. The third-order valence-corrected chi connectivity index (χ3v) is 5.47. The Hall–Kier alpha value is -3.85. The first kappa shape index (κ1) is 20.4. The Balaban J connectivity index is 1.65. The molecule has 0 radical (unpaired) electrons. The van der Waals surface area contributed by atoms with E-state index in [9.17, 15) is 4.79 Å². The predicted octanol–water partition coefficient (Wildman–Crippen LogP) is 5.50. The van der Waals surface area contributed by atoms with E-state index < -0.39 is 0 Å². The highest BCUT2D eigenvalue weighted by Gasteiger charge is 2.25. The summed E-state index contributed by atoms with van der Waals surface area (Å²) in [7, 11) is 0.